The first-order valence-corrected chi connectivity index (χ1v) is 9.21. The van der Waals surface area contributed by atoms with Crippen LogP contribution in [-0.4, -0.2) is 57.4 Å². The summed E-state index contributed by atoms with van der Waals surface area (Å²) in [6, 6.07) is 4.94. The molecular weight excluding hydrogens is 332 g/mol. The van der Waals surface area contributed by atoms with Crippen LogP contribution in [0.5, 0.6) is 0 Å². The number of pyridine rings is 1. The number of rotatable bonds is 3. The van der Waals surface area contributed by atoms with Crippen LogP contribution in [0.1, 0.15) is 50.7 Å². The number of hydrogen-bond acceptors (Lipinski definition) is 4. The Labute approximate surface area is 153 Å². The van der Waals surface area contributed by atoms with E-state index in [0.29, 0.717) is 18.3 Å². The van der Waals surface area contributed by atoms with Crippen LogP contribution in [0.4, 0.5) is 4.79 Å². The Morgan fingerprint density at radius 1 is 1.19 bits per heavy atom. The maximum Gasteiger partial charge on any atom is 0.327 e. The molecule has 2 aliphatic rings. The molecule has 0 bridgehead atoms. The van der Waals surface area contributed by atoms with Crippen LogP contribution in [0.3, 0.4) is 0 Å². The summed E-state index contributed by atoms with van der Waals surface area (Å²) in [7, 11) is 1.67. The second kappa shape index (κ2) is 7.05. The molecule has 0 unspecified atom stereocenters. The van der Waals surface area contributed by atoms with Crippen molar-refractivity contribution in [2.45, 2.75) is 57.5 Å². The van der Waals surface area contributed by atoms with E-state index in [1.54, 1.807) is 25.4 Å². The number of urea groups is 1. The predicted molar refractivity (Wildman–Crippen MR) is 96.4 cm³/mol. The summed E-state index contributed by atoms with van der Waals surface area (Å²) in [5, 5.41) is 0. The van der Waals surface area contributed by atoms with E-state index in [9.17, 15) is 14.4 Å². The highest BCUT2D eigenvalue weighted by Crippen LogP contribution is 2.39. The van der Waals surface area contributed by atoms with Gasteiger partial charge >= 0.3 is 6.03 Å². The summed E-state index contributed by atoms with van der Waals surface area (Å²) in [6.45, 7) is 3.59. The first-order valence-electron chi connectivity index (χ1n) is 9.21. The fraction of sp³-hybridized carbons (Fsp3) is 0.579. The van der Waals surface area contributed by atoms with E-state index in [2.05, 4.69) is 4.99 Å². The van der Waals surface area contributed by atoms with Crippen molar-refractivity contribution in [3.63, 3.8) is 0 Å². The van der Waals surface area contributed by atoms with Gasteiger partial charge in [0, 0.05) is 19.3 Å². The third kappa shape index (κ3) is 3.06. The van der Waals surface area contributed by atoms with Gasteiger partial charge in [-0.1, -0.05) is 25.3 Å². The summed E-state index contributed by atoms with van der Waals surface area (Å²) in [5.41, 5.74) is -0.241. The van der Waals surface area contributed by atoms with E-state index < -0.39 is 5.54 Å². The third-order valence-corrected chi connectivity index (χ3v) is 5.27. The van der Waals surface area contributed by atoms with Gasteiger partial charge in [0.15, 0.2) is 0 Å². The minimum Gasteiger partial charge on any atom is -0.313 e. The number of carbonyl (C=O) groups excluding carboxylic acids is 3. The molecular formula is C19H26N4O3. The van der Waals surface area contributed by atoms with Gasteiger partial charge in [0.1, 0.15) is 17.6 Å². The SMILES string of the molecule is CC(C)N=c1ccccn1C(=O)CN1C(=O)N(C)C2(CCCCC2)C1=O. The summed E-state index contributed by atoms with van der Waals surface area (Å²) < 4.78 is 1.41. The molecule has 0 N–H and O–H groups in total. The van der Waals surface area contributed by atoms with E-state index in [1.165, 1.54) is 9.47 Å². The number of hydrogen-bond donors (Lipinski definition) is 0. The Hall–Kier alpha value is -2.44. The predicted octanol–water partition coefficient (Wildman–Crippen LogP) is 2.03. The van der Waals surface area contributed by atoms with Gasteiger partial charge in [-0.05, 0) is 38.8 Å². The largest absolute Gasteiger partial charge is 0.327 e. The fourth-order valence-corrected chi connectivity index (χ4v) is 3.90. The lowest BCUT2D eigenvalue weighted by atomic mass is 9.81. The molecule has 1 aromatic rings. The van der Waals surface area contributed by atoms with Gasteiger partial charge in [0.25, 0.3) is 11.8 Å². The molecule has 1 aliphatic carbocycles. The van der Waals surface area contributed by atoms with Crippen molar-refractivity contribution in [2.24, 2.45) is 4.99 Å². The van der Waals surface area contributed by atoms with Crippen molar-refractivity contribution >= 4 is 17.8 Å². The van der Waals surface area contributed by atoms with Crippen LogP contribution in [0.15, 0.2) is 29.4 Å². The lowest BCUT2D eigenvalue weighted by Gasteiger charge is -2.35. The number of carbonyl (C=O) groups is 3. The van der Waals surface area contributed by atoms with Gasteiger partial charge in [-0.15, -0.1) is 0 Å². The number of imide groups is 1. The standard InChI is InChI=1S/C19H26N4O3/c1-14(2)20-15-9-5-8-12-22(15)16(24)13-23-17(25)19(21(3)18(23)26)10-6-4-7-11-19/h5,8-9,12,14H,4,6-7,10-11,13H2,1-3H3. The highest BCUT2D eigenvalue weighted by Gasteiger charge is 2.55. The summed E-state index contributed by atoms with van der Waals surface area (Å²) >= 11 is 0. The number of amides is 3. The lowest BCUT2D eigenvalue weighted by Crippen LogP contribution is -2.49. The van der Waals surface area contributed by atoms with Crippen LogP contribution in [-0.2, 0) is 4.79 Å². The van der Waals surface area contributed by atoms with Gasteiger partial charge in [0.05, 0.1) is 0 Å². The molecule has 7 nitrogen and oxygen atoms in total. The second-order valence-electron chi connectivity index (χ2n) is 7.37. The Morgan fingerprint density at radius 2 is 1.88 bits per heavy atom. The first-order chi connectivity index (χ1) is 12.4. The van der Waals surface area contributed by atoms with Crippen molar-refractivity contribution in [2.75, 3.05) is 13.6 Å². The Morgan fingerprint density at radius 3 is 2.54 bits per heavy atom. The summed E-state index contributed by atoms with van der Waals surface area (Å²) in [5.74, 6) is -0.579. The summed E-state index contributed by atoms with van der Waals surface area (Å²) in [6.07, 6.45) is 5.90. The Kier molecular flexibility index (Phi) is 4.98. The molecule has 1 aromatic heterocycles. The molecule has 0 aromatic carbocycles. The number of nitrogens with zero attached hydrogens (tertiary/aromatic N) is 4. The molecule has 1 saturated heterocycles. The zero-order chi connectivity index (χ0) is 18.9. The lowest BCUT2D eigenvalue weighted by molar-refractivity contribution is -0.134. The van der Waals surface area contributed by atoms with E-state index in [0.717, 1.165) is 24.2 Å². The van der Waals surface area contributed by atoms with Crippen LogP contribution in [0.25, 0.3) is 0 Å². The molecule has 26 heavy (non-hydrogen) atoms. The van der Waals surface area contributed by atoms with E-state index >= 15 is 0 Å². The molecule has 3 rings (SSSR count). The first kappa shape index (κ1) is 18.4. The van der Waals surface area contributed by atoms with Crippen LogP contribution in [0.2, 0.25) is 0 Å². The smallest absolute Gasteiger partial charge is 0.313 e. The molecule has 0 radical (unpaired) electrons. The minimum atomic E-state index is -0.762. The van der Waals surface area contributed by atoms with Crippen LogP contribution >= 0.6 is 0 Å². The molecule has 3 amide bonds. The second-order valence-corrected chi connectivity index (χ2v) is 7.37. The van der Waals surface area contributed by atoms with Crippen molar-refractivity contribution in [3.05, 3.63) is 29.9 Å². The molecule has 1 saturated carbocycles. The Bertz CT molecular complexity index is 790. The highest BCUT2D eigenvalue weighted by molar-refractivity contribution is 6.09. The molecule has 2 heterocycles. The zero-order valence-corrected chi connectivity index (χ0v) is 15.6. The monoisotopic (exact) mass is 358 g/mol. The fourth-order valence-electron chi connectivity index (χ4n) is 3.90. The van der Waals surface area contributed by atoms with Gasteiger partial charge in [-0.25, -0.2) is 4.79 Å². The van der Waals surface area contributed by atoms with Crippen molar-refractivity contribution in [1.29, 1.82) is 0 Å². The quantitative estimate of drug-likeness (QED) is 0.776. The zero-order valence-electron chi connectivity index (χ0n) is 15.6. The van der Waals surface area contributed by atoms with Gasteiger partial charge in [-0.2, -0.15) is 0 Å². The topological polar surface area (TPSA) is 75.0 Å². The maximum atomic E-state index is 13.0. The van der Waals surface area contributed by atoms with E-state index in [1.807, 2.05) is 19.9 Å². The van der Waals surface area contributed by atoms with Crippen LogP contribution < -0.4 is 5.49 Å². The molecule has 2 fully saturated rings. The molecule has 140 valence electrons. The van der Waals surface area contributed by atoms with Crippen molar-refractivity contribution < 1.29 is 14.4 Å². The van der Waals surface area contributed by atoms with Gasteiger partial charge < -0.3 is 4.90 Å². The summed E-state index contributed by atoms with van der Waals surface area (Å²) in [4.78, 5) is 45.6. The molecule has 1 spiro atoms. The molecule has 1 aliphatic heterocycles. The highest BCUT2D eigenvalue weighted by atomic mass is 16.2. The molecule has 0 atom stereocenters. The number of aromatic nitrogens is 1. The molecule has 7 heteroatoms. The van der Waals surface area contributed by atoms with Gasteiger partial charge in [0.2, 0.25) is 0 Å². The van der Waals surface area contributed by atoms with Gasteiger partial charge in [-0.3, -0.25) is 24.0 Å². The minimum absolute atomic E-state index is 0.0307. The van der Waals surface area contributed by atoms with E-state index in [-0.39, 0.29) is 30.4 Å². The van der Waals surface area contributed by atoms with Crippen molar-refractivity contribution in [1.82, 2.24) is 14.4 Å². The average molecular weight is 358 g/mol. The average Bonchev–Trinajstić information content (AvgIpc) is 2.79. The number of likely N-dealkylation sites (N-methyl/N-ethyl adjacent to an activating group) is 1. The van der Waals surface area contributed by atoms with E-state index in [4.69, 9.17) is 0 Å². The third-order valence-electron chi connectivity index (χ3n) is 5.27. The Balaban J connectivity index is 1.87. The maximum absolute atomic E-state index is 13.0. The normalized spacial score (nSPS) is 20.5. The van der Waals surface area contributed by atoms with Crippen LogP contribution in [0, 0.1) is 0 Å². The van der Waals surface area contributed by atoms with Crippen molar-refractivity contribution in [3.8, 4) is 0 Å².